The second-order valence-corrected chi connectivity index (χ2v) is 8.01. The zero-order valence-electron chi connectivity index (χ0n) is 17.1. The standard InChI is InChI=1S/C26H24F2O3/c27-21-11-12-22(24(28)15-21)20-10-13-25(23(14-20)26(29)30)31-16-17-6-8-19(9-7-17)18-4-2-1-3-5-18/h6-15,18H,1-5,16H2,(H,29,30). The molecule has 0 aromatic heterocycles. The van der Waals surface area contributed by atoms with Crippen LogP contribution >= 0.6 is 0 Å². The highest BCUT2D eigenvalue weighted by Crippen LogP contribution is 2.33. The molecule has 1 aliphatic carbocycles. The first-order valence-electron chi connectivity index (χ1n) is 10.6. The van der Waals surface area contributed by atoms with Gasteiger partial charge in [0.1, 0.15) is 29.6 Å². The van der Waals surface area contributed by atoms with Crippen molar-refractivity contribution in [3.05, 3.63) is 89.0 Å². The van der Waals surface area contributed by atoms with E-state index in [9.17, 15) is 18.7 Å². The summed E-state index contributed by atoms with van der Waals surface area (Å²) in [5.41, 5.74) is 2.71. The number of aromatic carboxylic acids is 1. The molecule has 160 valence electrons. The van der Waals surface area contributed by atoms with E-state index in [2.05, 4.69) is 12.1 Å². The summed E-state index contributed by atoms with van der Waals surface area (Å²) in [5.74, 6) is -1.78. The summed E-state index contributed by atoms with van der Waals surface area (Å²) in [7, 11) is 0. The Kier molecular flexibility index (Phi) is 6.31. The first kappa shape index (κ1) is 21.0. The van der Waals surface area contributed by atoms with Crippen LogP contribution in [-0.2, 0) is 6.61 Å². The van der Waals surface area contributed by atoms with Gasteiger partial charge in [-0.1, -0.05) is 49.6 Å². The lowest BCUT2D eigenvalue weighted by molar-refractivity contribution is 0.0691. The maximum atomic E-state index is 14.1. The Morgan fingerprint density at radius 3 is 2.35 bits per heavy atom. The van der Waals surface area contributed by atoms with Crippen LogP contribution in [0.2, 0.25) is 0 Å². The van der Waals surface area contributed by atoms with Crippen LogP contribution in [0.25, 0.3) is 11.1 Å². The predicted octanol–water partition coefficient (Wildman–Crippen LogP) is 6.96. The van der Waals surface area contributed by atoms with Gasteiger partial charge in [0.05, 0.1) is 0 Å². The van der Waals surface area contributed by atoms with E-state index >= 15 is 0 Å². The van der Waals surface area contributed by atoms with Gasteiger partial charge in [-0.05, 0) is 59.7 Å². The Morgan fingerprint density at radius 1 is 0.935 bits per heavy atom. The molecule has 0 saturated heterocycles. The Balaban J connectivity index is 1.49. The van der Waals surface area contributed by atoms with Crippen molar-refractivity contribution in [3.63, 3.8) is 0 Å². The summed E-state index contributed by atoms with van der Waals surface area (Å²) in [6.07, 6.45) is 6.36. The fraction of sp³-hybridized carbons (Fsp3) is 0.269. The number of ether oxygens (including phenoxy) is 1. The number of carbonyl (C=O) groups is 1. The highest BCUT2D eigenvalue weighted by Gasteiger charge is 2.17. The molecule has 0 unspecified atom stereocenters. The Hall–Kier alpha value is -3.21. The number of carboxylic acids is 1. The number of halogens is 2. The molecule has 1 N–H and O–H groups in total. The van der Waals surface area contributed by atoms with E-state index in [-0.39, 0.29) is 23.5 Å². The highest BCUT2D eigenvalue weighted by molar-refractivity contribution is 5.92. The fourth-order valence-electron chi connectivity index (χ4n) is 4.20. The third-order valence-electron chi connectivity index (χ3n) is 5.90. The van der Waals surface area contributed by atoms with Gasteiger partial charge < -0.3 is 9.84 Å². The van der Waals surface area contributed by atoms with Gasteiger partial charge in [-0.3, -0.25) is 0 Å². The first-order chi connectivity index (χ1) is 15.0. The fourth-order valence-corrected chi connectivity index (χ4v) is 4.20. The van der Waals surface area contributed by atoms with Gasteiger partial charge in [0, 0.05) is 11.6 Å². The smallest absolute Gasteiger partial charge is 0.339 e. The molecule has 0 radical (unpaired) electrons. The second kappa shape index (κ2) is 9.29. The predicted molar refractivity (Wildman–Crippen MR) is 115 cm³/mol. The van der Waals surface area contributed by atoms with Gasteiger partial charge in [0.2, 0.25) is 0 Å². The van der Waals surface area contributed by atoms with Crippen molar-refractivity contribution in [2.24, 2.45) is 0 Å². The molecule has 5 heteroatoms. The maximum Gasteiger partial charge on any atom is 0.339 e. The third-order valence-corrected chi connectivity index (χ3v) is 5.90. The van der Waals surface area contributed by atoms with Crippen LogP contribution in [0.5, 0.6) is 5.75 Å². The third kappa shape index (κ3) is 4.93. The van der Waals surface area contributed by atoms with E-state index in [1.807, 2.05) is 12.1 Å². The van der Waals surface area contributed by atoms with Crippen LogP contribution in [0, 0.1) is 11.6 Å². The number of rotatable bonds is 6. The molecule has 0 aliphatic heterocycles. The van der Waals surface area contributed by atoms with E-state index in [1.54, 1.807) is 6.07 Å². The molecule has 3 aromatic carbocycles. The van der Waals surface area contributed by atoms with Gasteiger partial charge in [0.25, 0.3) is 0 Å². The van der Waals surface area contributed by atoms with Crippen LogP contribution < -0.4 is 4.74 Å². The van der Waals surface area contributed by atoms with E-state index in [1.165, 1.54) is 55.9 Å². The van der Waals surface area contributed by atoms with E-state index < -0.39 is 17.6 Å². The molecule has 0 atom stereocenters. The summed E-state index contributed by atoms with van der Waals surface area (Å²) in [6.45, 7) is 0.232. The highest BCUT2D eigenvalue weighted by atomic mass is 19.1. The number of benzene rings is 3. The molecule has 3 nitrogen and oxygen atoms in total. The van der Waals surface area contributed by atoms with E-state index in [4.69, 9.17) is 4.74 Å². The second-order valence-electron chi connectivity index (χ2n) is 8.01. The van der Waals surface area contributed by atoms with Gasteiger partial charge in [-0.15, -0.1) is 0 Å². The average molecular weight is 422 g/mol. The Bertz CT molecular complexity index is 1070. The van der Waals surface area contributed by atoms with Gasteiger partial charge in [-0.2, -0.15) is 0 Å². The molecule has 31 heavy (non-hydrogen) atoms. The van der Waals surface area contributed by atoms with Crippen molar-refractivity contribution in [2.45, 2.75) is 44.6 Å². The lowest BCUT2D eigenvalue weighted by atomic mass is 9.84. The molecule has 1 saturated carbocycles. The molecule has 1 aliphatic rings. The van der Waals surface area contributed by atoms with Crippen molar-refractivity contribution < 1.29 is 23.4 Å². The number of hydrogen-bond acceptors (Lipinski definition) is 2. The zero-order valence-corrected chi connectivity index (χ0v) is 17.1. The Morgan fingerprint density at radius 2 is 1.68 bits per heavy atom. The maximum absolute atomic E-state index is 14.1. The van der Waals surface area contributed by atoms with Crippen molar-refractivity contribution in [3.8, 4) is 16.9 Å². The molecule has 1 fully saturated rings. The normalized spacial score (nSPS) is 14.4. The van der Waals surface area contributed by atoms with Crippen molar-refractivity contribution in [1.82, 2.24) is 0 Å². The minimum absolute atomic E-state index is 0.0694. The largest absolute Gasteiger partial charge is 0.488 e. The summed E-state index contributed by atoms with van der Waals surface area (Å²) >= 11 is 0. The van der Waals surface area contributed by atoms with Crippen LogP contribution in [0.3, 0.4) is 0 Å². The van der Waals surface area contributed by atoms with E-state index in [0.29, 0.717) is 11.5 Å². The summed E-state index contributed by atoms with van der Waals surface area (Å²) in [4.78, 5) is 11.7. The van der Waals surface area contributed by atoms with Crippen LogP contribution in [0.1, 0.15) is 59.5 Å². The molecule has 0 spiro atoms. The number of hydrogen-bond donors (Lipinski definition) is 1. The molecular formula is C26H24F2O3. The minimum Gasteiger partial charge on any atom is -0.488 e. The summed E-state index contributed by atoms with van der Waals surface area (Å²) in [5, 5.41) is 9.59. The van der Waals surface area contributed by atoms with Crippen molar-refractivity contribution >= 4 is 5.97 Å². The average Bonchev–Trinajstić information content (AvgIpc) is 2.78. The monoisotopic (exact) mass is 422 g/mol. The summed E-state index contributed by atoms with van der Waals surface area (Å²) in [6, 6.07) is 15.9. The van der Waals surface area contributed by atoms with Crippen LogP contribution in [0.15, 0.2) is 60.7 Å². The van der Waals surface area contributed by atoms with Gasteiger partial charge in [0.15, 0.2) is 0 Å². The van der Waals surface area contributed by atoms with Crippen molar-refractivity contribution in [1.29, 1.82) is 0 Å². The topological polar surface area (TPSA) is 46.5 Å². The first-order valence-corrected chi connectivity index (χ1v) is 10.6. The van der Waals surface area contributed by atoms with E-state index in [0.717, 1.165) is 17.7 Å². The molecule has 3 aromatic rings. The lowest BCUT2D eigenvalue weighted by Crippen LogP contribution is -2.06. The molecule has 0 heterocycles. The van der Waals surface area contributed by atoms with Gasteiger partial charge in [-0.25, -0.2) is 13.6 Å². The van der Waals surface area contributed by atoms with Gasteiger partial charge >= 0.3 is 5.97 Å². The molecule has 0 amide bonds. The van der Waals surface area contributed by atoms with Crippen LogP contribution in [-0.4, -0.2) is 11.1 Å². The SMILES string of the molecule is O=C(O)c1cc(-c2ccc(F)cc2F)ccc1OCc1ccc(C2CCCCC2)cc1. The zero-order chi connectivity index (χ0) is 21.8. The number of carboxylic acid groups (broad SMARTS) is 1. The summed E-state index contributed by atoms with van der Waals surface area (Å²) < 4.78 is 33.0. The Labute approximate surface area is 180 Å². The van der Waals surface area contributed by atoms with Crippen molar-refractivity contribution in [2.75, 3.05) is 0 Å². The minimum atomic E-state index is -1.17. The molecule has 4 rings (SSSR count). The molecular weight excluding hydrogens is 398 g/mol. The van der Waals surface area contributed by atoms with Crippen LogP contribution in [0.4, 0.5) is 8.78 Å². The lowest BCUT2D eigenvalue weighted by Gasteiger charge is -2.22. The molecule has 0 bridgehead atoms. The quantitative estimate of drug-likeness (QED) is 0.467.